The van der Waals surface area contributed by atoms with Gasteiger partial charge in [0.15, 0.2) is 0 Å². The van der Waals surface area contributed by atoms with Crippen LogP contribution in [-0.4, -0.2) is 36.9 Å². The van der Waals surface area contributed by atoms with Crippen LogP contribution < -0.4 is 10.6 Å². The predicted molar refractivity (Wildman–Crippen MR) is 60.9 cm³/mol. The number of thioether (sulfide) groups is 1. The molecule has 0 unspecified atom stereocenters. The fourth-order valence-electron chi connectivity index (χ4n) is 1.10. The van der Waals surface area contributed by atoms with Gasteiger partial charge in [-0.25, -0.2) is 9.97 Å². The molecule has 0 aliphatic heterocycles. The maximum atomic E-state index is 5.51. The second-order valence-corrected chi connectivity index (χ2v) is 3.93. The Bertz CT molecular complexity index is 301. The molecule has 0 saturated heterocycles. The van der Waals surface area contributed by atoms with Gasteiger partial charge in [-0.3, -0.25) is 0 Å². The van der Waals surface area contributed by atoms with Crippen LogP contribution in [0.2, 0.25) is 0 Å². The fraction of sp³-hybridized carbons (Fsp3) is 0.556. The summed E-state index contributed by atoms with van der Waals surface area (Å²) >= 11 is 1.63. The SMILES string of the molecule is CSc1nc(N(C)C)ncc1CCN. The van der Waals surface area contributed by atoms with Gasteiger partial charge >= 0.3 is 0 Å². The third-order valence-corrected chi connectivity index (χ3v) is 2.56. The summed E-state index contributed by atoms with van der Waals surface area (Å²) in [5.74, 6) is 0.745. The number of nitrogens with two attached hydrogens (primary N) is 1. The molecule has 1 aromatic rings. The molecule has 1 aromatic heterocycles. The zero-order valence-electron chi connectivity index (χ0n) is 8.82. The molecular formula is C9H16N4S. The standard InChI is InChI=1S/C9H16N4S/c1-13(2)9-11-6-7(4-5-10)8(12-9)14-3/h6H,4-5,10H2,1-3H3. The third kappa shape index (κ3) is 2.59. The lowest BCUT2D eigenvalue weighted by atomic mass is 10.2. The van der Waals surface area contributed by atoms with E-state index in [1.54, 1.807) is 11.8 Å². The highest BCUT2D eigenvalue weighted by Crippen LogP contribution is 2.19. The first-order valence-corrected chi connectivity index (χ1v) is 5.68. The Morgan fingerprint density at radius 2 is 2.21 bits per heavy atom. The monoisotopic (exact) mass is 212 g/mol. The Labute approximate surface area is 88.9 Å². The van der Waals surface area contributed by atoms with E-state index in [0.29, 0.717) is 6.54 Å². The molecule has 0 saturated carbocycles. The van der Waals surface area contributed by atoms with Crippen LogP contribution in [0.3, 0.4) is 0 Å². The predicted octanol–water partition coefficient (Wildman–Crippen LogP) is 0.766. The Hall–Kier alpha value is -0.810. The molecule has 0 radical (unpaired) electrons. The van der Waals surface area contributed by atoms with Gasteiger partial charge < -0.3 is 10.6 Å². The highest BCUT2D eigenvalue weighted by atomic mass is 32.2. The third-order valence-electron chi connectivity index (χ3n) is 1.82. The topological polar surface area (TPSA) is 55.0 Å². The van der Waals surface area contributed by atoms with E-state index in [1.807, 2.05) is 31.4 Å². The number of aromatic nitrogens is 2. The molecule has 0 spiro atoms. The summed E-state index contributed by atoms with van der Waals surface area (Å²) in [6, 6.07) is 0. The van der Waals surface area contributed by atoms with Crippen LogP contribution in [-0.2, 0) is 6.42 Å². The summed E-state index contributed by atoms with van der Waals surface area (Å²) in [4.78, 5) is 10.6. The van der Waals surface area contributed by atoms with Crippen LogP contribution >= 0.6 is 11.8 Å². The summed E-state index contributed by atoms with van der Waals surface area (Å²) in [7, 11) is 3.87. The van der Waals surface area contributed by atoms with Gasteiger partial charge in [0.05, 0.1) is 0 Å². The van der Waals surface area contributed by atoms with E-state index in [2.05, 4.69) is 9.97 Å². The van der Waals surface area contributed by atoms with Crippen LogP contribution in [0.1, 0.15) is 5.56 Å². The molecule has 14 heavy (non-hydrogen) atoms. The Balaban J connectivity index is 2.98. The van der Waals surface area contributed by atoms with E-state index in [1.165, 1.54) is 0 Å². The molecule has 78 valence electrons. The summed E-state index contributed by atoms with van der Waals surface area (Å²) in [6.07, 6.45) is 4.71. The van der Waals surface area contributed by atoms with Gasteiger partial charge in [0.1, 0.15) is 5.03 Å². The summed E-state index contributed by atoms with van der Waals surface area (Å²) in [5.41, 5.74) is 6.64. The molecule has 4 nitrogen and oxygen atoms in total. The summed E-state index contributed by atoms with van der Waals surface area (Å²) in [5, 5.41) is 1.02. The van der Waals surface area contributed by atoms with Crippen molar-refractivity contribution in [2.45, 2.75) is 11.4 Å². The van der Waals surface area contributed by atoms with E-state index < -0.39 is 0 Å². The second-order valence-electron chi connectivity index (χ2n) is 3.14. The maximum absolute atomic E-state index is 5.51. The zero-order chi connectivity index (χ0) is 10.6. The summed E-state index contributed by atoms with van der Waals surface area (Å²) < 4.78 is 0. The number of nitrogens with zero attached hydrogens (tertiary/aromatic N) is 3. The van der Waals surface area contributed by atoms with Crippen LogP contribution in [0.15, 0.2) is 11.2 Å². The minimum Gasteiger partial charge on any atom is -0.347 e. The molecule has 0 fully saturated rings. The van der Waals surface area contributed by atoms with Gasteiger partial charge in [0.2, 0.25) is 5.95 Å². The molecular weight excluding hydrogens is 196 g/mol. The number of anilines is 1. The van der Waals surface area contributed by atoms with Crippen molar-refractivity contribution in [1.82, 2.24) is 9.97 Å². The lowest BCUT2D eigenvalue weighted by Crippen LogP contribution is -2.14. The minimum absolute atomic E-state index is 0.637. The molecule has 0 aromatic carbocycles. The molecule has 1 heterocycles. The quantitative estimate of drug-likeness (QED) is 0.590. The molecule has 2 N–H and O–H groups in total. The van der Waals surface area contributed by atoms with Crippen molar-refractivity contribution < 1.29 is 0 Å². The fourth-order valence-corrected chi connectivity index (χ4v) is 1.69. The van der Waals surface area contributed by atoms with Crippen LogP contribution in [0.25, 0.3) is 0 Å². The first kappa shape index (κ1) is 11.3. The van der Waals surface area contributed by atoms with Crippen molar-refractivity contribution in [3.63, 3.8) is 0 Å². The Morgan fingerprint density at radius 1 is 1.50 bits per heavy atom. The molecule has 0 bridgehead atoms. The van der Waals surface area contributed by atoms with Crippen molar-refractivity contribution in [3.8, 4) is 0 Å². The molecule has 1 rings (SSSR count). The van der Waals surface area contributed by atoms with Crippen LogP contribution in [0.5, 0.6) is 0 Å². The molecule has 0 atom stereocenters. The molecule has 0 aliphatic carbocycles. The lowest BCUT2D eigenvalue weighted by Gasteiger charge is -2.12. The lowest BCUT2D eigenvalue weighted by molar-refractivity contribution is 0.867. The first-order chi connectivity index (χ1) is 6.69. The minimum atomic E-state index is 0.637. The zero-order valence-corrected chi connectivity index (χ0v) is 9.64. The van der Waals surface area contributed by atoms with Crippen LogP contribution in [0, 0.1) is 0 Å². The van der Waals surface area contributed by atoms with Crippen molar-refractivity contribution in [3.05, 3.63) is 11.8 Å². The Kier molecular flexibility index (Phi) is 4.16. The van der Waals surface area contributed by atoms with E-state index >= 15 is 0 Å². The normalized spacial score (nSPS) is 10.3. The highest BCUT2D eigenvalue weighted by molar-refractivity contribution is 7.98. The number of rotatable bonds is 4. The maximum Gasteiger partial charge on any atom is 0.225 e. The van der Waals surface area contributed by atoms with Gasteiger partial charge in [0, 0.05) is 25.9 Å². The second kappa shape index (κ2) is 5.17. The van der Waals surface area contributed by atoms with E-state index in [0.717, 1.165) is 23.0 Å². The van der Waals surface area contributed by atoms with Crippen LogP contribution in [0.4, 0.5) is 5.95 Å². The van der Waals surface area contributed by atoms with Gasteiger partial charge in [-0.15, -0.1) is 11.8 Å². The number of hydrogen-bond donors (Lipinski definition) is 1. The van der Waals surface area contributed by atoms with Gasteiger partial charge in [0.25, 0.3) is 0 Å². The van der Waals surface area contributed by atoms with Crippen molar-refractivity contribution in [2.24, 2.45) is 5.73 Å². The van der Waals surface area contributed by atoms with Crippen molar-refractivity contribution in [1.29, 1.82) is 0 Å². The van der Waals surface area contributed by atoms with Crippen molar-refractivity contribution in [2.75, 3.05) is 31.8 Å². The van der Waals surface area contributed by atoms with E-state index in [4.69, 9.17) is 5.73 Å². The molecule has 0 amide bonds. The molecule has 0 aliphatic rings. The first-order valence-electron chi connectivity index (χ1n) is 4.46. The van der Waals surface area contributed by atoms with E-state index in [9.17, 15) is 0 Å². The average Bonchev–Trinajstić information content (AvgIpc) is 2.18. The van der Waals surface area contributed by atoms with E-state index in [-0.39, 0.29) is 0 Å². The smallest absolute Gasteiger partial charge is 0.225 e. The molecule has 5 heteroatoms. The summed E-state index contributed by atoms with van der Waals surface area (Å²) in [6.45, 7) is 0.637. The van der Waals surface area contributed by atoms with Gasteiger partial charge in [-0.1, -0.05) is 0 Å². The average molecular weight is 212 g/mol. The van der Waals surface area contributed by atoms with Gasteiger partial charge in [-0.05, 0) is 19.2 Å². The number of hydrogen-bond acceptors (Lipinski definition) is 5. The highest BCUT2D eigenvalue weighted by Gasteiger charge is 2.06. The van der Waals surface area contributed by atoms with Gasteiger partial charge in [-0.2, -0.15) is 0 Å². The van der Waals surface area contributed by atoms with Crippen molar-refractivity contribution >= 4 is 17.7 Å². The Morgan fingerprint density at radius 3 is 2.71 bits per heavy atom. The largest absolute Gasteiger partial charge is 0.347 e.